The molecule has 248 valence electrons. The number of fused-ring (bicyclic) bond motifs is 2. The summed E-state index contributed by atoms with van der Waals surface area (Å²) in [5, 5.41) is 3.03. The number of hydrogen-bond donors (Lipinski definition) is 1. The van der Waals surface area contributed by atoms with Crippen LogP contribution in [0.3, 0.4) is 0 Å². The van der Waals surface area contributed by atoms with Gasteiger partial charge in [0.05, 0.1) is 23.0 Å². The third-order valence-corrected chi connectivity index (χ3v) is 8.69. The van der Waals surface area contributed by atoms with Crippen molar-refractivity contribution in [2.24, 2.45) is 5.92 Å². The highest BCUT2D eigenvalue weighted by atomic mass is 35.5. The molecule has 2 atom stereocenters. The van der Waals surface area contributed by atoms with Gasteiger partial charge in [0, 0.05) is 64.4 Å². The Balaban J connectivity index is 1.32. The van der Waals surface area contributed by atoms with Gasteiger partial charge in [-0.05, 0) is 50.7 Å². The van der Waals surface area contributed by atoms with Crippen LogP contribution in [-0.4, -0.2) is 93.2 Å². The lowest BCUT2D eigenvalue weighted by molar-refractivity contribution is -0.140. The molecule has 10 nitrogen and oxygen atoms in total. The molecule has 1 N–H and O–H groups in total. The summed E-state index contributed by atoms with van der Waals surface area (Å²) in [4.78, 5) is 49.5. The summed E-state index contributed by atoms with van der Waals surface area (Å²) in [5.41, 5.74) is -0.458. The van der Waals surface area contributed by atoms with Crippen molar-refractivity contribution in [1.29, 1.82) is 0 Å². The van der Waals surface area contributed by atoms with Crippen molar-refractivity contribution in [3.05, 3.63) is 58.5 Å². The molecule has 0 radical (unpaired) electrons. The first-order valence-electron chi connectivity index (χ1n) is 14.9. The van der Waals surface area contributed by atoms with E-state index in [9.17, 15) is 27.6 Å². The van der Waals surface area contributed by atoms with Crippen molar-refractivity contribution in [3.8, 4) is 0 Å². The highest BCUT2D eigenvalue weighted by molar-refractivity contribution is 6.42. The molecule has 46 heavy (non-hydrogen) atoms. The van der Waals surface area contributed by atoms with Gasteiger partial charge in [0.1, 0.15) is 22.7 Å². The average molecular weight is 667 g/mol. The maximum Gasteiger partial charge on any atom is 0.416 e. The number of likely N-dealkylation sites (N-methyl/N-ethyl adjacent to an activating group) is 2. The molecule has 2 fully saturated rings. The molecule has 3 amide bonds. The summed E-state index contributed by atoms with van der Waals surface area (Å²) in [6, 6.07) is 4.87. The van der Waals surface area contributed by atoms with E-state index in [1.807, 2.05) is 0 Å². The van der Waals surface area contributed by atoms with E-state index in [2.05, 4.69) is 10.3 Å². The van der Waals surface area contributed by atoms with Crippen LogP contribution in [0.2, 0.25) is 0 Å². The number of ether oxygens (including phenoxy) is 1. The second-order valence-corrected chi connectivity index (χ2v) is 12.1. The van der Waals surface area contributed by atoms with E-state index in [-0.39, 0.29) is 52.9 Å². The lowest BCUT2D eigenvalue weighted by Crippen LogP contribution is -2.55. The van der Waals surface area contributed by atoms with Gasteiger partial charge in [-0.15, -0.1) is 0 Å². The summed E-state index contributed by atoms with van der Waals surface area (Å²) in [5.74, 6) is -2.81. The SMILES string of the molecule is CNC/C=C(\Cl)C(=O)N1CC(OCCCN2C[C@H]3CC(=O)N(c4cc(C(F)(F)F)cc(C)n4)[C@@H]3C(=O)N(C)c3cccc(F)c32)C1. The lowest BCUT2D eigenvalue weighted by atomic mass is 9.95. The molecule has 0 unspecified atom stereocenters. The molecule has 15 heteroatoms. The van der Waals surface area contributed by atoms with E-state index >= 15 is 4.39 Å². The van der Waals surface area contributed by atoms with Crippen LogP contribution in [0.25, 0.3) is 0 Å². The van der Waals surface area contributed by atoms with Gasteiger partial charge in [0.25, 0.3) is 5.91 Å². The number of halogens is 5. The summed E-state index contributed by atoms with van der Waals surface area (Å²) >= 11 is 6.06. The number of benzene rings is 1. The van der Waals surface area contributed by atoms with E-state index in [0.29, 0.717) is 39.2 Å². The van der Waals surface area contributed by atoms with Crippen LogP contribution < -0.4 is 20.0 Å². The molecule has 4 heterocycles. The number of para-hydroxylation sites is 1. The number of aromatic nitrogens is 1. The van der Waals surface area contributed by atoms with E-state index in [1.165, 1.54) is 31.0 Å². The van der Waals surface area contributed by atoms with E-state index < -0.39 is 41.3 Å². The Labute approximate surface area is 268 Å². The number of carbonyl (C=O) groups excluding carboxylic acids is 3. The van der Waals surface area contributed by atoms with Crippen LogP contribution in [0, 0.1) is 18.7 Å². The molecule has 1 aromatic carbocycles. The Hall–Kier alpha value is -3.75. The zero-order valence-corrected chi connectivity index (χ0v) is 26.4. The molecule has 2 saturated heterocycles. The van der Waals surface area contributed by atoms with E-state index in [0.717, 1.165) is 17.0 Å². The number of aryl methyl sites for hydroxylation is 1. The molecule has 0 aliphatic carbocycles. The second-order valence-electron chi connectivity index (χ2n) is 11.6. The van der Waals surface area contributed by atoms with Crippen molar-refractivity contribution in [3.63, 3.8) is 0 Å². The standard InChI is InChI=1S/C31H35ClF4N6O4/c1-18-12-20(31(34,35)36)14-25(38-18)42-26(43)13-19-15-40(28-23(33)6-4-7-24(28)39(3)30(45)27(19)42)10-5-11-46-21-16-41(17-21)29(44)22(32)8-9-37-2/h4,6-8,12,14,19,21,27,37H,5,9-11,13,15-17H2,1-3H3/b22-8-/t19-,27+/m1/s1. The molecule has 1 aromatic heterocycles. The van der Waals surface area contributed by atoms with Crippen LogP contribution >= 0.6 is 11.6 Å². The zero-order chi connectivity index (χ0) is 33.3. The topological polar surface area (TPSA) is 98.3 Å². The number of alkyl halides is 3. The fourth-order valence-electron chi connectivity index (χ4n) is 6.11. The molecule has 3 aliphatic heterocycles. The first kappa shape index (κ1) is 33.6. The Bertz CT molecular complexity index is 1530. The molecule has 5 rings (SSSR count). The molecule has 0 saturated carbocycles. The van der Waals surface area contributed by atoms with Gasteiger partial charge in [-0.2, -0.15) is 13.2 Å². The quantitative estimate of drug-likeness (QED) is 0.248. The number of nitrogens with zero attached hydrogens (tertiary/aromatic N) is 5. The number of anilines is 3. The van der Waals surface area contributed by atoms with Crippen LogP contribution in [0.15, 0.2) is 41.4 Å². The predicted molar refractivity (Wildman–Crippen MR) is 164 cm³/mol. The van der Waals surface area contributed by atoms with Gasteiger partial charge in [-0.25, -0.2) is 9.37 Å². The minimum Gasteiger partial charge on any atom is -0.374 e. The summed E-state index contributed by atoms with van der Waals surface area (Å²) in [6.45, 7) is 3.35. The van der Waals surface area contributed by atoms with Crippen molar-refractivity contribution >= 4 is 46.5 Å². The minimum absolute atomic E-state index is 0.0501. The van der Waals surface area contributed by atoms with Gasteiger partial charge in [0.2, 0.25) is 11.8 Å². The fourth-order valence-corrected chi connectivity index (χ4v) is 6.31. The predicted octanol–water partition coefficient (Wildman–Crippen LogP) is 3.71. The number of rotatable bonds is 9. The van der Waals surface area contributed by atoms with Crippen LogP contribution in [0.1, 0.15) is 24.1 Å². The minimum atomic E-state index is -4.68. The monoisotopic (exact) mass is 666 g/mol. The van der Waals surface area contributed by atoms with Crippen molar-refractivity contribution in [2.75, 3.05) is 68.1 Å². The highest BCUT2D eigenvalue weighted by Crippen LogP contribution is 2.41. The van der Waals surface area contributed by atoms with Gasteiger partial charge >= 0.3 is 6.18 Å². The van der Waals surface area contributed by atoms with Crippen molar-refractivity contribution in [1.82, 2.24) is 15.2 Å². The van der Waals surface area contributed by atoms with Crippen LogP contribution in [0.5, 0.6) is 0 Å². The van der Waals surface area contributed by atoms with Gasteiger partial charge in [-0.3, -0.25) is 19.3 Å². The molecule has 0 spiro atoms. The maximum atomic E-state index is 15.4. The Morgan fingerprint density at radius 2 is 1.93 bits per heavy atom. The third-order valence-electron chi connectivity index (χ3n) is 8.38. The smallest absolute Gasteiger partial charge is 0.374 e. The van der Waals surface area contributed by atoms with Crippen molar-refractivity contribution in [2.45, 2.75) is 38.1 Å². The Kier molecular flexibility index (Phi) is 9.89. The molecule has 0 bridgehead atoms. The van der Waals surface area contributed by atoms with Crippen LogP contribution in [0.4, 0.5) is 34.8 Å². The number of likely N-dealkylation sites (tertiary alicyclic amines) is 1. The zero-order valence-electron chi connectivity index (χ0n) is 25.6. The van der Waals surface area contributed by atoms with Gasteiger partial charge in [-0.1, -0.05) is 17.7 Å². The average Bonchev–Trinajstić information content (AvgIpc) is 3.30. The lowest BCUT2D eigenvalue weighted by Gasteiger charge is -2.40. The van der Waals surface area contributed by atoms with Gasteiger partial charge in [0.15, 0.2) is 0 Å². The second kappa shape index (κ2) is 13.5. The normalized spacial score (nSPS) is 20.8. The molecular formula is C31H35ClF4N6O4. The van der Waals surface area contributed by atoms with E-state index in [4.69, 9.17) is 16.3 Å². The number of nitrogens with one attached hydrogen (secondary N) is 1. The van der Waals surface area contributed by atoms with Crippen molar-refractivity contribution < 1.29 is 36.7 Å². The Morgan fingerprint density at radius 3 is 2.63 bits per heavy atom. The highest BCUT2D eigenvalue weighted by Gasteiger charge is 2.49. The molecule has 2 aromatic rings. The molecular weight excluding hydrogens is 632 g/mol. The number of carbonyl (C=O) groups is 3. The number of pyridine rings is 1. The molecule has 3 aliphatic rings. The van der Waals surface area contributed by atoms with E-state index in [1.54, 1.807) is 29.0 Å². The number of hydrogen-bond acceptors (Lipinski definition) is 7. The first-order chi connectivity index (χ1) is 21.8. The maximum absolute atomic E-state index is 15.4. The largest absolute Gasteiger partial charge is 0.416 e. The number of amides is 3. The first-order valence-corrected chi connectivity index (χ1v) is 15.3. The summed E-state index contributed by atoms with van der Waals surface area (Å²) < 4.78 is 62.3. The Morgan fingerprint density at radius 1 is 1.20 bits per heavy atom. The fraction of sp³-hybridized carbons (Fsp3) is 0.484. The summed E-state index contributed by atoms with van der Waals surface area (Å²) in [6.07, 6.45) is -2.92. The third kappa shape index (κ3) is 6.83. The summed E-state index contributed by atoms with van der Waals surface area (Å²) in [7, 11) is 3.20. The van der Waals surface area contributed by atoms with Gasteiger partial charge < -0.3 is 24.8 Å². The van der Waals surface area contributed by atoms with Crippen LogP contribution in [-0.2, 0) is 25.3 Å².